The van der Waals surface area contributed by atoms with Gasteiger partial charge in [-0.05, 0) is 48.2 Å². The van der Waals surface area contributed by atoms with Crippen molar-refractivity contribution in [2.75, 3.05) is 6.54 Å². The summed E-state index contributed by atoms with van der Waals surface area (Å²) in [5.74, 6) is 0.943. The van der Waals surface area contributed by atoms with Crippen LogP contribution in [0.3, 0.4) is 0 Å². The Morgan fingerprint density at radius 1 is 1.25 bits per heavy atom. The van der Waals surface area contributed by atoms with Gasteiger partial charge in [-0.1, -0.05) is 29.8 Å². The van der Waals surface area contributed by atoms with Crippen LogP contribution in [0.5, 0.6) is 5.75 Å². The second kappa shape index (κ2) is 5.12. The Kier molecular flexibility index (Phi) is 3.45. The average molecular weight is 288 g/mol. The third-order valence-electron chi connectivity index (χ3n) is 4.02. The van der Waals surface area contributed by atoms with E-state index < -0.39 is 0 Å². The van der Waals surface area contributed by atoms with Crippen molar-refractivity contribution in [1.82, 2.24) is 0 Å². The lowest BCUT2D eigenvalue weighted by Gasteiger charge is -2.14. The van der Waals surface area contributed by atoms with Gasteiger partial charge in [0, 0.05) is 23.6 Å². The fraction of sp³-hybridized carbons (Fsp3) is 0.294. The predicted octanol–water partition coefficient (Wildman–Crippen LogP) is 3.89. The maximum absolute atomic E-state index is 6.27. The molecule has 0 radical (unpaired) electrons. The van der Waals surface area contributed by atoms with Crippen LogP contribution in [0, 0.1) is 13.8 Å². The zero-order valence-corrected chi connectivity index (χ0v) is 12.5. The molecule has 0 fully saturated rings. The molecule has 0 saturated carbocycles. The molecular formula is C17H18ClNO. The van der Waals surface area contributed by atoms with E-state index in [9.17, 15) is 0 Å². The molecule has 0 amide bonds. The molecule has 104 valence electrons. The maximum Gasteiger partial charge on any atom is 0.131 e. The van der Waals surface area contributed by atoms with Crippen LogP contribution in [0.1, 0.15) is 16.7 Å². The fourth-order valence-electron chi connectivity index (χ4n) is 2.77. The van der Waals surface area contributed by atoms with Crippen molar-refractivity contribution in [2.45, 2.75) is 26.4 Å². The highest BCUT2D eigenvalue weighted by molar-refractivity contribution is 6.31. The number of halogens is 1. The van der Waals surface area contributed by atoms with Crippen LogP contribution in [0.15, 0.2) is 30.3 Å². The third-order valence-corrected chi connectivity index (χ3v) is 4.24. The first-order valence-electron chi connectivity index (χ1n) is 6.86. The Labute approximate surface area is 124 Å². The first-order chi connectivity index (χ1) is 9.60. The molecule has 3 heteroatoms. The van der Waals surface area contributed by atoms with Crippen molar-refractivity contribution in [2.24, 2.45) is 5.73 Å². The minimum Gasteiger partial charge on any atom is -0.488 e. The highest BCUT2D eigenvalue weighted by Gasteiger charge is 2.26. The summed E-state index contributed by atoms with van der Waals surface area (Å²) >= 11 is 6.27. The van der Waals surface area contributed by atoms with Crippen molar-refractivity contribution in [3.63, 3.8) is 0 Å². The topological polar surface area (TPSA) is 35.2 Å². The lowest BCUT2D eigenvalue weighted by molar-refractivity contribution is 0.242. The van der Waals surface area contributed by atoms with Gasteiger partial charge in [0.2, 0.25) is 0 Å². The molecule has 3 rings (SSSR count). The van der Waals surface area contributed by atoms with Crippen LogP contribution in [-0.2, 0) is 6.42 Å². The number of benzene rings is 2. The molecule has 0 aliphatic carbocycles. The molecule has 0 bridgehead atoms. The molecule has 1 atom stereocenters. The van der Waals surface area contributed by atoms with Crippen LogP contribution in [0.4, 0.5) is 0 Å². The molecule has 20 heavy (non-hydrogen) atoms. The summed E-state index contributed by atoms with van der Waals surface area (Å²) in [6.45, 7) is 4.78. The summed E-state index contributed by atoms with van der Waals surface area (Å²) in [5, 5.41) is 0.751. The first kappa shape index (κ1) is 13.5. The molecule has 2 nitrogen and oxygen atoms in total. The predicted molar refractivity (Wildman–Crippen MR) is 83.5 cm³/mol. The van der Waals surface area contributed by atoms with Crippen LogP contribution in [-0.4, -0.2) is 12.6 Å². The third kappa shape index (κ3) is 2.19. The first-order valence-corrected chi connectivity index (χ1v) is 7.23. The minimum atomic E-state index is 0.0623. The van der Waals surface area contributed by atoms with Crippen LogP contribution in [0.2, 0.25) is 5.02 Å². The molecule has 2 N–H and O–H groups in total. The number of rotatable bonds is 2. The van der Waals surface area contributed by atoms with Crippen molar-refractivity contribution in [3.05, 3.63) is 52.0 Å². The Morgan fingerprint density at radius 2 is 2.05 bits per heavy atom. The molecule has 0 saturated heterocycles. The van der Waals surface area contributed by atoms with Gasteiger partial charge in [-0.2, -0.15) is 0 Å². The Morgan fingerprint density at radius 3 is 2.80 bits per heavy atom. The van der Waals surface area contributed by atoms with Crippen molar-refractivity contribution < 1.29 is 4.74 Å². The van der Waals surface area contributed by atoms with Gasteiger partial charge in [0.15, 0.2) is 0 Å². The fourth-order valence-corrected chi connectivity index (χ4v) is 3.01. The van der Waals surface area contributed by atoms with Gasteiger partial charge in [0.25, 0.3) is 0 Å². The second-order valence-electron chi connectivity index (χ2n) is 5.37. The summed E-state index contributed by atoms with van der Waals surface area (Å²) in [5.41, 5.74) is 11.7. The van der Waals surface area contributed by atoms with Crippen molar-refractivity contribution >= 4 is 11.6 Å². The van der Waals surface area contributed by atoms with E-state index in [0.29, 0.717) is 6.54 Å². The van der Waals surface area contributed by atoms with Gasteiger partial charge in [-0.15, -0.1) is 0 Å². The average Bonchev–Trinajstić information content (AvgIpc) is 2.84. The van der Waals surface area contributed by atoms with E-state index in [1.165, 1.54) is 16.7 Å². The molecular weight excluding hydrogens is 270 g/mol. The minimum absolute atomic E-state index is 0.0623. The van der Waals surface area contributed by atoms with Crippen LogP contribution in [0.25, 0.3) is 11.1 Å². The van der Waals surface area contributed by atoms with Gasteiger partial charge in [-0.25, -0.2) is 0 Å². The molecule has 0 spiro atoms. The zero-order chi connectivity index (χ0) is 14.3. The van der Waals surface area contributed by atoms with Crippen LogP contribution < -0.4 is 10.5 Å². The van der Waals surface area contributed by atoms with E-state index in [0.717, 1.165) is 28.3 Å². The molecule has 0 aromatic heterocycles. The smallest absolute Gasteiger partial charge is 0.131 e. The second-order valence-corrected chi connectivity index (χ2v) is 5.81. The molecule has 1 aliphatic heterocycles. The standard InChI is InChI=1S/C17H18ClNO/c1-10-4-3-5-15(11(10)2)16-8-13(18)6-12-7-14(9-19)20-17(12)16/h3-6,8,14H,7,9,19H2,1-2H3/t14-/m0/s1. The van der Waals surface area contributed by atoms with E-state index in [-0.39, 0.29) is 6.10 Å². The van der Waals surface area contributed by atoms with Crippen LogP contribution >= 0.6 is 11.6 Å². The Balaban J connectivity index is 2.18. The van der Waals surface area contributed by atoms with E-state index in [2.05, 4.69) is 32.0 Å². The highest BCUT2D eigenvalue weighted by atomic mass is 35.5. The van der Waals surface area contributed by atoms with Crippen molar-refractivity contribution in [1.29, 1.82) is 0 Å². The monoisotopic (exact) mass is 287 g/mol. The molecule has 1 heterocycles. The number of hydrogen-bond donors (Lipinski definition) is 1. The number of ether oxygens (including phenoxy) is 1. The summed E-state index contributed by atoms with van der Waals surface area (Å²) in [4.78, 5) is 0. The SMILES string of the molecule is Cc1cccc(-c2cc(Cl)cc3c2O[C@H](CN)C3)c1C. The summed E-state index contributed by atoms with van der Waals surface area (Å²) < 4.78 is 6.01. The Hall–Kier alpha value is -1.51. The van der Waals surface area contributed by atoms with Gasteiger partial charge in [-0.3, -0.25) is 0 Å². The lowest BCUT2D eigenvalue weighted by atomic mass is 9.95. The van der Waals surface area contributed by atoms with Gasteiger partial charge < -0.3 is 10.5 Å². The van der Waals surface area contributed by atoms with E-state index in [4.69, 9.17) is 22.1 Å². The number of fused-ring (bicyclic) bond motifs is 1. The summed E-state index contributed by atoms with van der Waals surface area (Å²) in [6.07, 6.45) is 0.900. The molecule has 2 aromatic carbocycles. The van der Waals surface area contributed by atoms with E-state index in [1.54, 1.807) is 0 Å². The van der Waals surface area contributed by atoms with Gasteiger partial charge in [0.1, 0.15) is 11.9 Å². The highest BCUT2D eigenvalue weighted by Crippen LogP contribution is 2.42. The molecule has 2 aromatic rings. The maximum atomic E-state index is 6.27. The summed E-state index contributed by atoms with van der Waals surface area (Å²) in [6, 6.07) is 10.3. The van der Waals surface area contributed by atoms with Crippen molar-refractivity contribution in [3.8, 4) is 16.9 Å². The van der Waals surface area contributed by atoms with E-state index in [1.807, 2.05) is 12.1 Å². The van der Waals surface area contributed by atoms with Gasteiger partial charge in [0.05, 0.1) is 0 Å². The Bertz CT molecular complexity index is 666. The van der Waals surface area contributed by atoms with E-state index >= 15 is 0 Å². The van der Waals surface area contributed by atoms with Gasteiger partial charge >= 0.3 is 0 Å². The molecule has 0 unspecified atom stereocenters. The number of hydrogen-bond acceptors (Lipinski definition) is 2. The summed E-state index contributed by atoms with van der Waals surface area (Å²) in [7, 11) is 0. The largest absolute Gasteiger partial charge is 0.488 e. The molecule has 1 aliphatic rings. The quantitative estimate of drug-likeness (QED) is 0.909. The zero-order valence-electron chi connectivity index (χ0n) is 11.7. The normalized spacial score (nSPS) is 16.9. The lowest BCUT2D eigenvalue weighted by Crippen LogP contribution is -2.24. The number of nitrogens with two attached hydrogens (primary N) is 1. The number of aryl methyl sites for hydroxylation is 1.